The molecule has 3 nitrogen and oxygen atoms in total. The Balaban J connectivity index is 4.61. The van der Waals surface area contributed by atoms with E-state index < -0.39 is 0 Å². The molecule has 3 heteroatoms. The fourth-order valence-corrected chi connectivity index (χ4v) is 1.87. The summed E-state index contributed by atoms with van der Waals surface area (Å²) in [7, 11) is 1.95. The minimum absolute atomic E-state index is 0.0210. The summed E-state index contributed by atoms with van der Waals surface area (Å²) in [4.78, 5) is 12.2. The molecule has 0 aromatic rings. The average Bonchev–Trinajstić information content (AvgIpc) is 2.15. The molecule has 0 spiro atoms. The van der Waals surface area contributed by atoms with Crippen molar-refractivity contribution in [2.45, 2.75) is 72.4 Å². The lowest BCUT2D eigenvalue weighted by Crippen LogP contribution is -2.54. The summed E-state index contributed by atoms with van der Waals surface area (Å²) in [6.07, 6.45) is 1.74. The van der Waals surface area contributed by atoms with Crippen molar-refractivity contribution < 1.29 is 4.79 Å². The Hall–Kier alpha value is -0.570. The van der Waals surface area contributed by atoms with Crippen LogP contribution in [0.3, 0.4) is 0 Å². The summed E-state index contributed by atoms with van der Waals surface area (Å²) in [5.41, 5.74) is -0.468. The van der Waals surface area contributed by atoms with Crippen LogP contribution in [0.5, 0.6) is 0 Å². The molecule has 0 heterocycles. The van der Waals surface area contributed by atoms with E-state index in [1.165, 1.54) is 0 Å². The van der Waals surface area contributed by atoms with Crippen molar-refractivity contribution in [3.05, 3.63) is 0 Å². The molecule has 0 aliphatic carbocycles. The van der Waals surface area contributed by atoms with Crippen molar-refractivity contribution in [2.75, 3.05) is 7.05 Å². The van der Waals surface area contributed by atoms with E-state index in [-0.39, 0.29) is 22.4 Å². The molecule has 0 unspecified atom stereocenters. The van der Waals surface area contributed by atoms with Crippen LogP contribution < -0.4 is 10.6 Å². The van der Waals surface area contributed by atoms with E-state index in [0.717, 1.165) is 12.8 Å². The molecule has 0 saturated carbocycles. The lowest BCUT2D eigenvalue weighted by molar-refractivity contribution is -0.131. The largest absolute Gasteiger partial charge is 0.351 e. The Morgan fingerprint density at radius 1 is 1.00 bits per heavy atom. The first-order valence-corrected chi connectivity index (χ1v) is 6.47. The average molecular weight is 242 g/mol. The van der Waals surface area contributed by atoms with Crippen molar-refractivity contribution in [1.29, 1.82) is 0 Å². The van der Waals surface area contributed by atoms with Gasteiger partial charge in [0.15, 0.2) is 0 Å². The van der Waals surface area contributed by atoms with Gasteiger partial charge in [-0.1, -0.05) is 20.8 Å². The number of rotatable bonds is 6. The molecule has 0 aliphatic rings. The van der Waals surface area contributed by atoms with Gasteiger partial charge in [0.05, 0.1) is 0 Å². The van der Waals surface area contributed by atoms with E-state index in [0.29, 0.717) is 0 Å². The summed E-state index contributed by atoms with van der Waals surface area (Å²) < 4.78 is 0. The van der Waals surface area contributed by atoms with Gasteiger partial charge in [-0.05, 0) is 47.6 Å². The molecule has 0 radical (unpaired) electrons. The Morgan fingerprint density at radius 3 is 1.82 bits per heavy atom. The SMILES string of the molecule is CCC(C)(C)C(=O)NC(C)(C)CC(C)(C)NC. The first kappa shape index (κ1) is 16.4. The Morgan fingerprint density at radius 2 is 1.47 bits per heavy atom. The summed E-state index contributed by atoms with van der Waals surface area (Å²) in [5.74, 6) is 0.136. The van der Waals surface area contributed by atoms with Crippen molar-refractivity contribution >= 4 is 5.91 Å². The van der Waals surface area contributed by atoms with Gasteiger partial charge in [-0.15, -0.1) is 0 Å². The Labute approximate surface area is 107 Å². The third-order valence-corrected chi connectivity index (χ3v) is 3.51. The minimum Gasteiger partial charge on any atom is -0.351 e. The van der Waals surface area contributed by atoms with Gasteiger partial charge in [0.25, 0.3) is 0 Å². The first-order valence-electron chi connectivity index (χ1n) is 6.47. The minimum atomic E-state index is -0.291. The fourth-order valence-electron chi connectivity index (χ4n) is 1.87. The van der Waals surface area contributed by atoms with Crippen LogP contribution in [0.4, 0.5) is 0 Å². The second-order valence-electron chi connectivity index (χ2n) is 6.89. The van der Waals surface area contributed by atoms with Gasteiger partial charge in [-0.2, -0.15) is 0 Å². The maximum Gasteiger partial charge on any atom is 0.226 e. The second kappa shape index (κ2) is 5.38. The van der Waals surface area contributed by atoms with Gasteiger partial charge in [-0.3, -0.25) is 4.79 Å². The summed E-state index contributed by atoms with van der Waals surface area (Å²) in [6, 6.07) is 0. The van der Waals surface area contributed by atoms with E-state index in [1.54, 1.807) is 0 Å². The van der Waals surface area contributed by atoms with Crippen LogP contribution in [-0.4, -0.2) is 24.0 Å². The van der Waals surface area contributed by atoms with E-state index in [2.05, 4.69) is 38.3 Å². The van der Waals surface area contributed by atoms with Crippen LogP contribution in [0.2, 0.25) is 0 Å². The van der Waals surface area contributed by atoms with Crippen LogP contribution in [-0.2, 0) is 4.79 Å². The molecule has 17 heavy (non-hydrogen) atoms. The lowest BCUT2D eigenvalue weighted by Gasteiger charge is -2.37. The molecular formula is C14H30N2O. The van der Waals surface area contributed by atoms with Crippen LogP contribution >= 0.6 is 0 Å². The van der Waals surface area contributed by atoms with Crippen molar-refractivity contribution in [2.24, 2.45) is 5.41 Å². The lowest BCUT2D eigenvalue weighted by atomic mass is 9.84. The molecule has 102 valence electrons. The zero-order chi connectivity index (χ0) is 13.9. The molecule has 0 aliphatic heterocycles. The zero-order valence-electron chi connectivity index (χ0n) is 12.8. The first-order chi connectivity index (χ1) is 7.46. The highest BCUT2D eigenvalue weighted by Crippen LogP contribution is 2.24. The number of carbonyl (C=O) groups excluding carboxylic acids is 1. The van der Waals surface area contributed by atoms with Crippen molar-refractivity contribution in [3.63, 3.8) is 0 Å². The van der Waals surface area contributed by atoms with E-state index in [1.807, 2.05) is 27.8 Å². The molecule has 0 aromatic heterocycles. The predicted octanol–water partition coefficient (Wildman–Crippen LogP) is 2.71. The number of amides is 1. The maximum atomic E-state index is 12.2. The highest BCUT2D eigenvalue weighted by Gasteiger charge is 2.33. The molecule has 0 aromatic carbocycles. The van der Waals surface area contributed by atoms with E-state index in [9.17, 15) is 4.79 Å². The number of carbonyl (C=O) groups is 1. The quantitative estimate of drug-likeness (QED) is 0.752. The highest BCUT2D eigenvalue weighted by atomic mass is 16.2. The Bertz CT molecular complexity index is 267. The Kier molecular flexibility index (Phi) is 5.20. The number of hydrogen-bond acceptors (Lipinski definition) is 2. The van der Waals surface area contributed by atoms with Crippen molar-refractivity contribution in [1.82, 2.24) is 10.6 Å². The number of hydrogen-bond donors (Lipinski definition) is 2. The normalized spacial score (nSPS) is 13.6. The molecule has 0 atom stereocenters. The van der Waals surface area contributed by atoms with E-state index in [4.69, 9.17) is 0 Å². The highest BCUT2D eigenvalue weighted by molar-refractivity contribution is 5.82. The van der Waals surface area contributed by atoms with Crippen molar-refractivity contribution in [3.8, 4) is 0 Å². The molecule has 0 fully saturated rings. The van der Waals surface area contributed by atoms with Crippen LogP contribution in [0.25, 0.3) is 0 Å². The zero-order valence-corrected chi connectivity index (χ0v) is 12.8. The molecule has 2 N–H and O–H groups in total. The molecule has 0 rings (SSSR count). The third kappa shape index (κ3) is 5.53. The summed E-state index contributed by atoms with van der Waals surface area (Å²) >= 11 is 0. The summed E-state index contributed by atoms with van der Waals surface area (Å²) in [5, 5.41) is 6.43. The molecule has 0 saturated heterocycles. The predicted molar refractivity (Wildman–Crippen MR) is 74.0 cm³/mol. The fraction of sp³-hybridized carbons (Fsp3) is 0.929. The third-order valence-electron chi connectivity index (χ3n) is 3.51. The van der Waals surface area contributed by atoms with Crippen LogP contribution in [0.1, 0.15) is 61.3 Å². The number of nitrogens with one attached hydrogen (secondary N) is 2. The topological polar surface area (TPSA) is 41.1 Å². The van der Waals surface area contributed by atoms with Gasteiger partial charge in [0.1, 0.15) is 0 Å². The van der Waals surface area contributed by atoms with Gasteiger partial charge < -0.3 is 10.6 Å². The van der Waals surface area contributed by atoms with Gasteiger partial charge in [-0.25, -0.2) is 0 Å². The second-order valence-corrected chi connectivity index (χ2v) is 6.89. The van der Waals surface area contributed by atoms with Crippen LogP contribution in [0, 0.1) is 5.41 Å². The van der Waals surface area contributed by atoms with Gasteiger partial charge >= 0.3 is 0 Å². The molecular weight excluding hydrogens is 212 g/mol. The van der Waals surface area contributed by atoms with Gasteiger partial charge in [0, 0.05) is 16.5 Å². The summed E-state index contributed by atoms with van der Waals surface area (Å²) in [6.45, 7) is 14.5. The van der Waals surface area contributed by atoms with E-state index >= 15 is 0 Å². The molecule has 0 bridgehead atoms. The monoisotopic (exact) mass is 242 g/mol. The van der Waals surface area contributed by atoms with Gasteiger partial charge in [0.2, 0.25) is 5.91 Å². The smallest absolute Gasteiger partial charge is 0.226 e. The van der Waals surface area contributed by atoms with Crippen LogP contribution in [0.15, 0.2) is 0 Å². The molecule has 1 amide bonds. The maximum absolute atomic E-state index is 12.2. The standard InChI is InChI=1S/C14H30N2O/c1-9-12(2,3)11(17)16-14(6,7)10-13(4,5)15-8/h15H,9-10H2,1-8H3,(H,16,17).